The number of hydrogen-bond acceptors (Lipinski definition) is 5. The van der Waals surface area contributed by atoms with Crippen LogP contribution in [-0.2, 0) is 11.3 Å². The van der Waals surface area contributed by atoms with Gasteiger partial charge in [0, 0.05) is 31.0 Å². The highest BCUT2D eigenvalue weighted by Gasteiger charge is 2.13. The van der Waals surface area contributed by atoms with Crippen molar-refractivity contribution in [3.8, 4) is 5.69 Å². The smallest absolute Gasteiger partial charge is 0.230 e. The molecule has 6 nitrogen and oxygen atoms in total. The number of carbonyl (C=O) groups excluding carboxylic acids is 1. The Morgan fingerprint density at radius 2 is 1.71 bits per heavy atom. The van der Waals surface area contributed by atoms with Gasteiger partial charge in [0.2, 0.25) is 5.91 Å². The first-order valence-electron chi connectivity index (χ1n) is 10.8. The molecular weight excluding hydrogens is 406 g/mol. The van der Waals surface area contributed by atoms with Crippen molar-refractivity contribution >= 4 is 23.4 Å². The van der Waals surface area contributed by atoms with E-state index in [0.717, 1.165) is 24.3 Å². The van der Waals surface area contributed by atoms with Crippen molar-refractivity contribution in [2.45, 2.75) is 44.3 Å². The van der Waals surface area contributed by atoms with Crippen LogP contribution in [0.1, 0.15) is 43.7 Å². The molecule has 31 heavy (non-hydrogen) atoms. The predicted molar refractivity (Wildman–Crippen MR) is 126 cm³/mol. The third-order valence-electron chi connectivity index (χ3n) is 5.58. The van der Waals surface area contributed by atoms with Gasteiger partial charge in [-0.3, -0.25) is 9.36 Å². The molecule has 2 heterocycles. The Labute approximate surface area is 188 Å². The number of hydrogen-bond donors (Lipinski definition) is 1. The molecule has 0 unspecified atom stereocenters. The number of rotatable bonds is 8. The number of aromatic nitrogens is 3. The monoisotopic (exact) mass is 435 g/mol. The number of amides is 1. The van der Waals surface area contributed by atoms with E-state index in [4.69, 9.17) is 0 Å². The van der Waals surface area contributed by atoms with Crippen LogP contribution in [0.15, 0.2) is 60.0 Å². The largest absolute Gasteiger partial charge is 0.372 e. The fourth-order valence-electron chi connectivity index (χ4n) is 3.70. The van der Waals surface area contributed by atoms with Gasteiger partial charge >= 0.3 is 0 Å². The molecule has 1 fully saturated rings. The maximum Gasteiger partial charge on any atom is 0.230 e. The highest BCUT2D eigenvalue weighted by Crippen LogP contribution is 2.22. The second-order valence-electron chi connectivity index (χ2n) is 8.16. The highest BCUT2D eigenvalue weighted by molar-refractivity contribution is 7.99. The lowest BCUT2D eigenvalue weighted by molar-refractivity contribution is -0.118. The minimum absolute atomic E-state index is 0.0154. The first kappa shape index (κ1) is 21.4. The van der Waals surface area contributed by atoms with E-state index >= 15 is 0 Å². The Hall–Kier alpha value is -2.80. The summed E-state index contributed by atoms with van der Waals surface area (Å²) in [5.74, 6) is 0.775. The minimum Gasteiger partial charge on any atom is -0.372 e. The van der Waals surface area contributed by atoms with Crippen LogP contribution in [0.25, 0.3) is 5.69 Å². The lowest BCUT2D eigenvalue weighted by Gasteiger charge is -2.17. The van der Waals surface area contributed by atoms with Crippen molar-refractivity contribution in [2.75, 3.05) is 23.7 Å². The van der Waals surface area contributed by atoms with Gasteiger partial charge in [0.15, 0.2) is 5.16 Å². The zero-order valence-corrected chi connectivity index (χ0v) is 18.9. The second kappa shape index (κ2) is 10.0. The second-order valence-corrected chi connectivity index (χ2v) is 9.10. The van der Waals surface area contributed by atoms with Gasteiger partial charge in [-0.25, -0.2) is 0 Å². The van der Waals surface area contributed by atoms with Crippen molar-refractivity contribution in [1.82, 2.24) is 20.1 Å². The number of nitrogens with one attached hydrogen (secondary N) is 1. The lowest BCUT2D eigenvalue weighted by Crippen LogP contribution is -2.24. The summed E-state index contributed by atoms with van der Waals surface area (Å²) in [6.07, 6.45) is 4.23. The average molecular weight is 436 g/mol. The Balaban J connectivity index is 1.28. The van der Waals surface area contributed by atoms with E-state index in [0.29, 0.717) is 23.4 Å². The quantitative estimate of drug-likeness (QED) is 0.532. The van der Waals surface area contributed by atoms with Gasteiger partial charge in [0.05, 0.1) is 5.75 Å². The molecule has 3 aromatic rings. The molecule has 1 saturated heterocycles. The van der Waals surface area contributed by atoms with Gasteiger partial charge in [-0.1, -0.05) is 49.9 Å². The van der Waals surface area contributed by atoms with E-state index < -0.39 is 0 Å². The van der Waals surface area contributed by atoms with Crippen LogP contribution >= 0.6 is 11.8 Å². The van der Waals surface area contributed by atoms with E-state index in [1.165, 1.54) is 35.9 Å². The molecule has 7 heteroatoms. The molecule has 0 spiro atoms. The number of anilines is 1. The summed E-state index contributed by atoms with van der Waals surface area (Å²) in [5, 5.41) is 11.9. The summed E-state index contributed by atoms with van der Waals surface area (Å²) in [6.45, 7) is 7.16. The van der Waals surface area contributed by atoms with Crippen LogP contribution in [0, 0.1) is 0 Å². The SMILES string of the molecule is CC(C)c1ccc(-n2cnnc2SCC(=O)NCc2ccc(N3CCCC3)cc2)cc1. The number of carbonyl (C=O) groups is 1. The zero-order chi connectivity index (χ0) is 21.6. The van der Waals surface area contributed by atoms with E-state index in [-0.39, 0.29) is 5.91 Å². The maximum atomic E-state index is 12.4. The minimum atomic E-state index is -0.0154. The van der Waals surface area contributed by atoms with Crippen molar-refractivity contribution in [3.63, 3.8) is 0 Å². The molecule has 1 aliphatic rings. The topological polar surface area (TPSA) is 63.1 Å². The maximum absolute atomic E-state index is 12.4. The van der Waals surface area contributed by atoms with Gasteiger partial charge in [0.1, 0.15) is 6.33 Å². The summed E-state index contributed by atoms with van der Waals surface area (Å²) in [7, 11) is 0. The summed E-state index contributed by atoms with van der Waals surface area (Å²) < 4.78 is 1.92. The molecule has 0 atom stereocenters. The fraction of sp³-hybridized carbons (Fsp3) is 0.375. The molecule has 1 N–H and O–H groups in total. The summed E-state index contributed by atoms with van der Waals surface area (Å²) in [6, 6.07) is 16.9. The first-order chi connectivity index (χ1) is 15.1. The fourth-order valence-corrected chi connectivity index (χ4v) is 4.46. The Morgan fingerprint density at radius 1 is 1.03 bits per heavy atom. The molecule has 0 radical (unpaired) electrons. The number of thioether (sulfide) groups is 1. The van der Waals surface area contributed by atoms with Crippen LogP contribution < -0.4 is 10.2 Å². The molecule has 4 rings (SSSR count). The molecule has 1 aliphatic heterocycles. The van der Waals surface area contributed by atoms with Crippen molar-refractivity contribution in [1.29, 1.82) is 0 Å². The molecule has 2 aromatic carbocycles. The average Bonchev–Trinajstić information content (AvgIpc) is 3.49. The lowest BCUT2D eigenvalue weighted by atomic mass is 10.0. The third-order valence-corrected chi connectivity index (χ3v) is 6.53. The Bertz CT molecular complexity index is 992. The van der Waals surface area contributed by atoms with Crippen molar-refractivity contribution in [3.05, 3.63) is 66.0 Å². The van der Waals surface area contributed by atoms with Crippen LogP contribution in [0.2, 0.25) is 0 Å². The van der Waals surface area contributed by atoms with Crippen molar-refractivity contribution < 1.29 is 4.79 Å². The number of benzene rings is 2. The molecule has 162 valence electrons. The van der Waals surface area contributed by atoms with E-state index in [1.54, 1.807) is 6.33 Å². The van der Waals surface area contributed by atoms with Crippen LogP contribution in [0.5, 0.6) is 0 Å². The van der Waals surface area contributed by atoms with Crippen molar-refractivity contribution in [2.24, 2.45) is 0 Å². The highest BCUT2D eigenvalue weighted by atomic mass is 32.2. The van der Waals surface area contributed by atoms with Gasteiger partial charge in [0.25, 0.3) is 0 Å². The van der Waals surface area contributed by atoms with E-state index in [1.807, 2.05) is 4.57 Å². The third kappa shape index (κ3) is 5.47. The molecule has 0 bridgehead atoms. The summed E-state index contributed by atoms with van der Waals surface area (Å²) in [4.78, 5) is 14.8. The van der Waals surface area contributed by atoms with Crippen LogP contribution in [0.4, 0.5) is 5.69 Å². The van der Waals surface area contributed by atoms with Crippen LogP contribution in [0.3, 0.4) is 0 Å². The zero-order valence-electron chi connectivity index (χ0n) is 18.1. The molecule has 1 aromatic heterocycles. The normalized spacial score (nSPS) is 13.7. The van der Waals surface area contributed by atoms with Gasteiger partial charge < -0.3 is 10.2 Å². The number of nitrogens with zero attached hydrogens (tertiary/aromatic N) is 4. The first-order valence-corrected chi connectivity index (χ1v) is 11.8. The predicted octanol–water partition coefficient (Wildman–Crippen LogP) is 4.40. The summed E-state index contributed by atoms with van der Waals surface area (Å²) >= 11 is 1.39. The Kier molecular flexibility index (Phi) is 6.92. The van der Waals surface area contributed by atoms with Gasteiger partial charge in [-0.2, -0.15) is 0 Å². The Morgan fingerprint density at radius 3 is 2.39 bits per heavy atom. The molecule has 1 amide bonds. The summed E-state index contributed by atoms with van der Waals surface area (Å²) in [5.41, 5.74) is 4.66. The van der Waals surface area contributed by atoms with Gasteiger partial charge in [-0.05, 0) is 54.2 Å². The molecule has 0 aliphatic carbocycles. The standard InChI is InChI=1S/C24H29N5OS/c1-18(2)20-7-11-22(12-8-20)29-17-26-27-24(29)31-16-23(30)25-15-19-5-9-21(10-6-19)28-13-3-4-14-28/h5-12,17-18H,3-4,13-16H2,1-2H3,(H,25,30). The molecular formula is C24H29N5OS. The van der Waals surface area contributed by atoms with Gasteiger partial charge in [-0.15, -0.1) is 10.2 Å². The molecule has 0 saturated carbocycles. The van der Waals surface area contributed by atoms with E-state index in [2.05, 4.69) is 82.8 Å². The van der Waals surface area contributed by atoms with Crippen LogP contribution in [-0.4, -0.2) is 39.5 Å². The van der Waals surface area contributed by atoms with E-state index in [9.17, 15) is 4.79 Å².